The largest absolute Gasteiger partial charge is 0.369 e. The van der Waals surface area contributed by atoms with E-state index in [4.69, 9.17) is 11.6 Å². The van der Waals surface area contributed by atoms with Crippen molar-refractivity contribution in [1.82, 2.24) is 9.29 Å². The fourth-order valence-electron chi connectivity index (χ4n) is 2.53. The molecule has 0 aliphatic carbocycles. The van der Waals surface area contributed by atoms with Gasteiger partial charge in [-0.15, -0.1) is 0 Å². The van der Waals surface area contributed by atoms with Gasteiger partial charge in [0.05, 0.1) is 5.02 Å². The number of halogens is 1. The Hall–Kier alpha value is -1.63. The van der Waals surface area contributed by atoms with E-state index < -0.39 is 10.0 Å². The van der Waals surface area contributed by atoms with E-state index in [-0.39, 0.29) is 9.92 Å². The van der Waals surface area contributed by atoms with Crippen LogP contribution in [0.25, 0.3) is 0 Å². The zero-order chi connectivity index (χ0) is 15.6. The second-order valence-electron chi connectivity index (χ2n) is 5.03. The van der Waals surface area contributed by atoms with Crippen molar-refractivity contribution in [3.8, 4) is 0 Å². The first kappa shape index (κ1) is 15.3. The van der Waals surface area contributed by atoms with Crippen LogP contribution in [0.3, 0.4) is 0 Å². The van der Waals surface area contributed by atoms with Gasteiger partial charge in [-0.2, -0.15) is 4.31 Å². The van der Waals surface area contributed by atoms with Crippen molar-refractivity contribution in [3.63, 3.8) is 0 Å². The summed E-state index contributed by atoms with van der Waals surface area (Å²) in [5.74, 6) is 0. The van der Waals surface area contributed by atoms with Crippen molar-refractivity contribution in [2.24, 2.45) is 0 Å². The number of rotatable bonds is 3. The molecule has 0 bridgehead atoms. The van der Waals surface area contributed by atoms with Crippen molar-refractivity contribution in [3.05, 3.63) is 53.8 Å². The summed E-state index contributed by atoms with van der Waals surface area (Å²) in [4.78, 5) is 6.32. The topological polar surface area (TPSA) is 53.5 Å². The van der Waals surface area contributed by atoms with Gasteiger partial charge in [-0.1, -0.05) is 23.7 Å². The maximum atomic E-state index is 12.7. The predicted molar refractivity (Wildman–Crippen MR) is 86.7 cm³/mol. The number of sulfonamides is 1. The molecule has 2 aromatic rings. The van der Waals surface area contributed by atoms with E-state index in [1.807, 2.05) is 12.1 Å². The molecule has 0 spiro atoms. The van der Waals surface area contributed by atoms with Crippen molar-refractivity contribution < 1.29 is 8.42 Å². The highest BCUT2D eigenvalue weighted by Crippen LogP contribution is 2.25. The number of benzene rings is 1. The minimum Gasteiger partial charge on any atom is -0.369 e. The third-order valence-electron chi connectivity index (χ3n) is 3.72. The molecule has 7 heteroatoms. The van der Waals surface area contributed by atoms with E-state index >= 15 is 0 Å². The Kier molecular flexibility index (Phi) is 4.33. The Morgan fingerprint density at radius 1 is 0.955 bits per heavy atom. The lowest BCUT2D eigenvalue weighted by Crippen LogP contribution is -2.48. The minimum absolute atomic E-state index is 0.175. The summed E-state index contributed by atoms with van der Waals surface area (Å²) in [6, 6.07) is 10.4. The molecule has 0 N–H and O–H groups in total. The van der Waals surface area contributed by atoms with Gasteiger partial charge in [-0.3, -0.25) is 4.98 Å². The monoisotopic (exact) mass is 337 g/mol. The standard InChI is InChI=1S/C15H16ClN3O2S/c16-14-3-1-2-4-15(14)22(20,21)19-11-9-18(10-12-19)13-5-7-17-8-6-13/h1-8H,9-12H2. The van der Waals surface area contributed by atoms with Crippen LogP contribution in [0.5, 0.6) is 0 Å². The lowest BCUT2D eigenvalue weighted by Gasteiger charge is -2.35. The van der Waals surface area contributed by atoms with Gasteiger partial charge >= 0.3 is 0 Å². The van der Waals surface area contributed by atoms with Crippen LogP contribution in [-0.2, 0) is 10.0 Å². The fraction of sp³-hybridized carbons (Fsp3) is 0.267. The molecule has 22 heavy (non-hydrogen) atoms. The van der Waals surface area contributed by atoms with Crippen molar-refractivity contribution in [1.29, 1.82) is 0 Å². The zero-order valence-electron chi connectivity index (χ0n) is 11.9. The molecule has 0 unspecified atom stereocenters. The average Bonchev–Trinajstić information content (AvgIpc) is 2.56. The Balaban J connectivity index is 1.75. The highest BCUT2D eigenvalue weighted by atomic mass is 35.5. The van der Waals surface area contributed by atoms with Crippen molar-refractivity contribution in [2.75, 3.05) is 31.1 Å². The highest BCUT2D eigenvalue weighted by molar-refractivity contribution is 7.89. The first-order valence-corrected chi connectivity index (χ1v) is 8.80. The number of pyridine rings is 1. The van der Waals surface area contributed by atoms with Crippen LogP contribution in [0.15, 0.2) is 53.7 Å². The van der Waals surface area contributed by atoms with Crippen LogP contribution in [-0.4, -0.2) is 43.9 Å². The smallest absolute Gasteiger partial charge is 0.244 e. The Bertz CT molecular complexity index is 744. The molecule has 116 valence electrons. The number of piperazine rings is 1. The molecule has 1 aromatic carbocycles. The van der Waals surface area contributed by atoms with E-state index in [2.05, 4.69) is 9.88 Å². The van der Waals surface area contributed by atoms with Crippen LogP contribution >= 0.6 is 11.6 Å². The zero-order valence-corrected chi connectivity index (χ0v) is 13.5. The molecule has 1 saturated heterocycles. The summed E-state index contributed by atoms with van der Waals surface area (Å²) >= 11 is 6.03. The van der Waals surface area contributed by atoms with Gasteiger partial charge in [0, 0.05) is 44.3 Å². The number of aromatic nitrogens is 1. The third kappa shape index (κ3) is 2.95. The second-order valence-corrected chi connectivity index (χ2v) is 7.34. The maximum absolute atomic E-state index is 12.7. The third-order valence-corrected chi connectivity index (χ3v) is 6.12. The number of hydrogen-bond acceptors (Lipinski definition) is 4. The fourth-order valence-corrected chi connectivity index (χ4v) is 4.45. The molecular weight excluding hydrogens is 322 g/mol. The van der Waals surface area contributed by atoms with Crippen LogP contribution in [0.2, 0.25) is 5.02 Å². The Morgan fingerprint density at radius 2 is 1.59 bits per heavy atom. The van der Waals surface area contributed by atoms with E-state index in [9.17, 15) is 8.42 Å². The molecule has 1 aliphatic heterocycles. The molecule has 2 heterocycles. The summed E-state index contributed by atoms with van der Waals surface area (Å²) in [6.45, 7) is 2.17. The van der Waals surface area contributed by atoms with Gasteiger partial charge in [0.25, 0.3) is 0 Å². The predicted octanol–water partition coefficient (Wildman–Crippen LogP) is 2.25. The molecular formula is C15H16ClN3O2S. The van der Waals surface area contributed by atoms with E-state index in [1.165, 1.54) is 4.31 Å². The number of hydrogen-bond donors (Lipinski definition) is 0. The summed E-state index contributed by atoms with van der Waals surface area (Å²) < 4.78 is 26.8. The number of nitrogens with zero attached hydrogens (tertiary/aromatic N) is 3. The Morgan fingerprint density at radius 3 is 2.23 bits per heavy atom. The van der Waals surface area contributed by atoms with Gasteiger partial charge in [0.1, 0.15) is 4.90 Å². The molecule has 0 saturated carbocycles. The molecule has 0 radical (unpaired) electrons. The quantitative estimate of drug-likeness (QED) is 0.862. The maximum Gasteiger partial charge on any atom is 0.244 e. The molecule has 1 fully saturated rings. The van der Waals surface area contributed by atoms with Crippen molar-refractivity contribution >= 4 is 27.3 Å². The first-order valence-electron chi connectivity index (χ1n) is 6.99. The lowest BCUT2D eigenvalue weighted by molar-refractivity contribution is 0.385. The summed E-state index contributed by atoms with van der Waals surface area (Å²) in [5.41, 5.74) is 1.06. The molecule has 1 aliphatic rings. The summed E-state index contributed by atoms with van der Waals surface area (Å²) in [7, 11) is -3.54. The van der Waals surface area contributed by atoms with Crippen LogP contribution < -0.4 is 4.90 Å². The van der Waals surface area contributed by atoms with Gasteiger partial charge in [0.2, 0.25) is 10.0 Å². The van der Waals surface area contributed by atoms with Crippen LogP contribution in [0.4, 0.5) is 5.69 Å². The normalized spacial score (nSPS) is 16.7. The minimum atomic E-state index is -3.54. The van der Waals surface area contributed by atoms with Crippen molar-refractivity contribution in [2.45, 2.75) is 4.90 Å². The van der Waals surface area contributed by atoms with Gasteiger partial charge in [-0.25, -0.2) is 8.42 Å². The average molecular weight is 338 g/mol. The van der Waals surface area contributed by atoms with E-state index in [0.717, 1.165) is 5.69 Å². The molecule has 0 amide bonds. The Labute approximate surface area is 135 Å². The molecule has 3 rings (SSSR count). The molecule has 5 nitrogen and oxygen atoms in total. The highest BCUT2D eigenvalue weighted by Gasteiger charge is 2.29. The van der Waals surface area contributed by atoms with Gasteiger partial charge in [-0.05, 0) is 24.3 Å². The molecule has 1 aromatic heterocycles. The molecule has 0 atom stereocenters. The summed E-state index contributed by atoms with van der Waals surface area (Å²) in [5, 5.41) is 0.263. The van der Waals surface area contributed by atoms with E-state index in [0.29, 0.717) is 26.2 Å². The second kappa shape index (κ2) is 6.24. The van der Waals surface area contributed by atoms with E-state index in [1.54, 1.807) is 36.7 Å². The van der Waals surface area contributed by atoms with Gasteiger partial charge in [0.15, 0.2) is 0 Å². The van der Waals surface area contributed by atoms with Crippen LogP contribution in [0.1, 0.15) is 0 Å². The first-order chi connectivity index (χ1) is 10.6. The number of anilines is 1. The van der Waals surface area contributed by atoms with Gasteiger partial charge < -0.3 is 4.90 Å². The van der Waals surface area contributed by atoms with Crippen LogP contribution in [0, 0.1) is 0 Å². The lowest BCUT2D eigenvalue weighted by atomic mass is 10.3. The SMILES string of the molecule is O=S(=O)(c1ccccc1Cl)N1CCN(c2ccncc2)CC1. The summed E-state index contributed by atoms with van der Waals surface area (Å²) in [6.07, 6.45) is 3.48.